The molecular weight excluding hydrogens is 138 g/mol. The highest BCUT2D eigenvalue weighted by Crippen LogP contribution is 2.12. The minimum Gasteiger partial charge on any atom is -0.388 e. The monoisotopic (exact) mass is 147 g/mol. The molecule has 0 aromatic heterocycles. The van der Waals surface area contributed by atoms with Crippen LogP contribution < -0.4 is 5.73 Å². The maximum atomic E-state index is 10.4. The van der Waals surface area contributed by atoms with Crippen molar-refractivity contribution in [2.45, 2.75) is 18.3 Å². The van der Waals surface area contributed by atoms with Crippen molar-refractivity contribution in [2.75, 3.05) is 6.61 Å². The van der Waals surface area contributed by atoms with Crippen LogP contribution in [0.5, 0.6) is 0 Å². The third-order valence-corrected chi connectivity index (χ3v) is 1.43. The van der Waals surface area contributed by atoms with Crippen LogP contribution in [0.3, 0.4) is 0 Å². The molecule has 4 N–H and O–H groups in total. The summed E-state index contributed by atoms with van der Waals surface area (Å²) in [6.45, 7) is -0.0330. The molecule has 1 aliphatic heterocycles. The summed E-state index contributed by atoms with van der Waals surface area (Å²) < 4.78 is 4.66. The van der Waals surface area contributed by atoms with Gasteiger partial charge >= 0.3 is 0 Å². The third-order valence-electron chi connectivity index (χ3n) is 1.43. The lowest BCUT2D eigenvalue weighted by Gasteiger charge is -2.09. The third kappa shape index (κ3) is 1.11. The smallest absolute Gasteiger partial charge is 0.249 e. The number of nitrogens with two attached hydrogens (primary N) is 1. The van der Waals surface area contributed by atoms with Crippen LogP contribution >= 0.6 is 0 Å². The SMILES string of the molecule is NC(=O)[C@@H]1OC[C@@H](O)[C@H]1O. The number of aliphatic hydroxyl groups excluding tert-OH is 2. The largest absolute Gasteiger partial charge is 0.388 e. The standard InChI is InChI=1S/C5H9NO4/c6-5(9)4-3(8)2(7)1-10-4/h2-4,7-8H,1H2,(H2,6,9)/t2-,3-,4-/m1/s1. The van der Waals surface area contributed by atoms with E-state index in [4.69, 9.17) is 15.9 Å². The summed E-state index contributed by atoms with van der Waals surface area (Å²) >= 11 is 0. The van der Waals surface area contributed by atoms with E-state index >= 15 is 0 Å². The zero-order valence-electron chi connectivity index (χ0n) is 5.23. The van der Waals surface area contributed by atoms with E-state index in [0.717, 1.165) is 0 Å². The normalized spacial score (nSPS) is 40.0. The van der Waals surface area contributed by atoms with Crippen LogP contribution in [-0.2, 0) is 9.53 Å². The first-order valence-corrected chi connectivity index (χ1v) is 2.90. The van der Waals surface area contributed by atoms with Gasteiger partial charge in [0.1, 0.15) is 12.2 Å². The van der Waals surface area contributed by atoms with Gasteiger partial charge in [0.15, 0.2) is 6.10 Å². The Bertz CT molecular complexity index is 149. The summed E-state index contributed by atoms with van der Waals surface area (Å²) in [6, 6.07) is 0. The van der Waals surface area contributed by atoms with Gasteiger partial charge in [0.05, 0.1) is 6.61 Å². The summed E-state index contributed by atoms with van der Waals surface area (Å²) in [5.41, 5.74) is 4.82. The van der Waals surface area contributed by atoms with Crippen molar-refractivity contribution >= 4 is 5.91 Å². The van der Waals surface area contributed by atoms with Gasteiger partial charge in [-0.1, -0.05) is 0 Å². The van der Waals surface area contributed by atoms with Crippen LogP contribution in [0.15, 0.2) is 0 Å². The number of carbonyl (C=O) groups excluding carboxylic acids is 1. The fourth-order valence-corrected chi connectivity index (χ4v) is 0.852. The molecule has 0 aromatic carbocycles. The number of hydrogen-bond acceptors (Lipinski definition) is 4. The summed E-state index contributed by atoms with van der Waals surface area (Å²) in [5, 5.41) is 17.8. The Kier molecular flexibility index (Phi) is 1.89. The molecule has 0 aliphatic carbocycles. The Morgan fingerprint density at radius 2 is 2.20 bits per heavy atom. The van der Waals surface area contributed by atoms with Crippen molar-refractivity contribution in [3.63, 3.8) is 0 Å². The van der Waals surface area contributed by atoms with Crippen molar-refractivity contribution in [3.8, 4) is 0 Å². The maximum Gasteiger partial charge on any atom is 0.249 e. The molecule has 1 rings (SSSR count). The molecule has 5 nitrogen and oxygen atoms in total. The first kappa shape index (κ1) is 7.46. The molecule has 58 valence electrons. The van der Waals surface area contributed by atoms with E-state index in [2.05, 4.69) is 4.74 Å². The Balaban J connectivity index is 2.57. The second-order valence-corrected chi connectivity index (χ2v) is 2.21. The highest BCUT2D eigenvalue weighted by atomic mass is 16.5. The minimum atomic E-state index is -1.17. The molecule has 10 heavy (non-hydrogen) atoms. The lowest BCUT2D eigenvalue weighted by atomic mass is 10.1. The number of carbonyl (C=O) groups is 1. The summed E-state index contributed by atoms with van der Waals surface area (Å²) in [6.07, 6.45) is -3.20. The van der Waals surface area contributed by atoms with Gasteiger partial charge in [0, 0.05) is 0 Å². The number of amides is 1. The first-order chi connectivity index (χ1) is 4.63. The molecule has 0 radical (unpaired) electrons. The molecule has 0 spiro atoms. The Labute approximate surface area is 57.4 Å². The van der Waals surface area contributed by atoms with Gasteiger partial charge < -0.3 is 20.7 Å². The van der Waals surface area contributed by atoms with Crippen molar-refractivity contribution in [3.05, 3.63) is 0 Å². The van der Waals surface area contributed by atoms with Crippen molar-refractivity contribution in [1.29, 1.82) is 0 Å². The van der Waals surface area contributed by atoms with Crippen LogP contribution in [0.25, 0.3) is 0 Å². The molecule has 0 bridgehead atoms. The molecule has 0 aromatic rings. The van der Waals surface area contributed by atoms with Gasteiger partial charge in [-0.25, -0.2) is 0 Å². The molecule has 5 heteroatoms. The summed E-state index contributed by atoms with van der Waals surface area (Å²) in [4.78, 5) is 10.4. The van der Waals surface area contributed by atoms with E-state index in [-0.39, 0.29) is 6.61 Å². The van der Waals surface area contributed by atoms with E-state index < -0.39 is 24.2 Å². The summed E-state index contributed by atoms with van der Waals surface area (Å²) in [7, 11) is 0. The van der Waals surface area contributed by atoms with Crippen molar-refractivity contribution in [1.82, 2.24) is 0 Å². The van der Waals surface area contributed by atoms with Crippen molar-refractivity contribution in [2.24, 2.45) is 5.73 Å². The molecule has 1 amide bonds. The average Bonchev–Trinajstić information content (AvgIpc) is 2.14. The minimum absolute atomic E-state index is 0.0330. The molecule has 0 saturated carbocycles. The van der Waals surface area contributed by atoms with E-state index in [9.17, 15) is 4.79 Å². The Morgan fingerprint density at radius 3 is 2.40 bits per heavy atom. The predicted octanol–water partition coefficient (Wildman–Crippen LogP) is -2.41. The Morgan fingerprint density at radius 1 is 1.60 bits per heavy atom. The van der Waals surface area contributed by atoms with E-state index in [0.29, 0.717) is 0 Å². The van der Waals surface area contributed by atoms with Crippen LogP contribution in [0, 0.1) is 0 Å². The lowest BCUT2D eigenvalue weighted by molar-refractivity contribution is -0.130. The molecule has 1 saturated heterocycles. The van der Waals surface area contributed by atoms with Crippen LogP contribution in [-0.4, -0.2) is 41.0 Å². The predicted molar refractivity (Wildman–Crippen MR) is 30.9 cm³/mol. The molecule has 3 atom stereocenters. The number of hydrogen-bond donors (Lipinski definition) is 3. The van der Waals surface area contributed by atoms with Crippen LogP contribution in [0.1, 0.15) is 0 Å². The highest BCUT2D eigenvalue weighted by molar-refractivity contribution is 5.79. The first-order valence-electron chi connectivity index (χ1n) is 2.90. The van der Waals surface area contributed by atoms with Gasteiger partial charge in [0.2, 0.25) is 5.91 Å². The second kappa shape index (κ2) is 2.53. The quantitative estimate of drug-likeness (QED) is 0.385. The maximum absolute atomic E-state index is 10.4. The van der Waals surface area contributed by atoms with E-state index in [1.54, 1.807) is 0 Å². The van der Waals surface area contributed by atoms with Crippen LogP contribution in [0.4, 0.5) is 0 Å². The molecule has 1 heterocycles. The van der Waals surface area contributed by atoms with Gasteiger partial charge in [-0.05, 0) is 0 Å². The van der Waals surface area contributed by atoms with Crippen LogP contribution in [0.2, 0.25) is 0 Å². The van der Waals surface area contributed by atoms with Gasteiger partial charge in [-0.3, -0.25) is 4.79 Å². The summed E-state index contributed by atoms with van der Waals surface area (Å²) in [5.74, 6) is -0.746. The fraction of sp³-hybridized carbons (Fsp3) is 0.800. The average molecular weight is 147 g/mol. The van der Waals surface area contributed by atoms with Gasteiger partial charge in [-0.15, -0.1) is 0 Å². The number of primary amides is 1. The molecule has 0 unspecified atom stereocenters. The molecular formula is C5H9NO4. The zero-order valence-corrected chi connectivity index (χ0v) is 5.23. The number of rotatable bonds is 1. The van der Waals surface area contributed by atoms with Gasteiger partial charge in [-0.2, -0.15) is 0 Å². The number of ether oxygens (including phenoxy) is 1. The Hall–Kier alpha value is -0.650. The second-order valence-electron chi connectivity index (χ2n) is 2.21. The van der Waals surface area contributed by atoms with Gasteiger partial charge in [0.25, 0.3) is 0 Å². The topological polar surface area (TPSA) is 92.8 Å². The highest BCUT2D eigenvalue weighted by Gasteiger charge is 2.38. The fourth-order valence-electron chi connectivity index (χ4n) is 0.852. The van der Waals surface area contributed by atoms with Crippen molar-refractivity contribution < 1.29 is 19.7 Å². The van der Waals surface area contributed by atoms with E-state index in [1.807, 2.05) is 0 Å². The lowest BCUT2D eigenvalue weighted by Crippen LogP contribution is -2.39. The zero-order chi connectivity index (χ0) is 7.72. The van der Waals surface area contributed by atoms with E-state index in [1.165, 1.54) is 0 Å². The molecule has 1 fully saturated rings. The molecule has 1 aliphatic rings. The number of aliphatic hydroxyl groups is 2.